The van der Waals surface area contributed by atoms with E-state index in [0.29, 0.717) is 0 Å². The molecule has 0 aliphatic carbocycles. The zero-order chi connectivity index (χ0) is 19.2. The Hall–Kier alpha value is -1.87. The third-order valence-corrected chi connectivity index (χ3v) is 2.87. The second kappa shape index (κ2) is 9.43. The lowest BCUT2D eigenvalue weighted by Gasteiger charge is -2.28. The van der Waals surface area contributed by atoms with Crippen LogP contribution in [-0.2, 0) is 19.1 Å². The minimum absolute atomic E-state index is 1.03. The number of aliphatic hydroxyl groups is 7. The van der Waals surface area contributed by atoms with Gasteiger partial charge in [0.2, 0.25) is 6.10 Å². The van der Waals surface area contributed by atoms with Gasteiger partial charge in [-0.15, -0.1) is 0 Å². The zero-order valence-corrected chi connectivity index (χ0v) is 11.9. The van der Waals surface area contributed by atoms with E-state index in [1.165, 1.54) is 0 Å². The largest absolute Gasteiger partial charge is 0.479 e. The van der Waals surface area contributed by atoms with Gasteiger partial charge in [0.15, 0.2) is 12.2 Å². The van der Waals surface area contributed by atoms with Crippen LogP contribution in [0.5, 0.6) is 0 Å². The lowest BCUT2D eigenvalue weighted by atomic mass is 9.99. The number of rotatable bonds is 10. The maximum atomic E-state index is 11.5. The topological polar surface area (TPSA) is 243 Å². The number of carboxylic acid groups (broad SMARTS) is 2. The number of carbonyl (C=O) groups excluding carboxylic acids is 1. The van der Waals surface area contributed by atoms with Crippen LogP contribution >= 0.6 is 0 Å². The van der Waals surface area contributed by atoms with Crippen molar-refractivity contribution in [3.63, 3.8) is 0 Å². The Morgan fingerprint density at radius 2 is 1.25 bits per heavy atom. The first-order chi connectivity index (χ1) is 10.9. The molecular formula is C11H18O13. The highest BCUT2D eigenvalue weighted by atomic mass is 16.6. The highest BCUT2D eigenvalue weighted by Crippen LogP contribution is 2.11. The molecule has 0 rings (SSSR count). The summed E-state index contributed by atoms with van der Waals surface area (Å²) in [7, 11) is 0. The Labute approximate surface area is 133 Å². The van der Waals surface area contributed by atoms with Crippen LogP contribution < -0.4 is 0 Å². The molecule has 24 heavy (non-hydrogen) atoms. The molecule has 0 heterocycles. The first-order valence-corrected chi connectivity index (χ1v) is 6.31. The molecule has 0 aromatic rings. The number of ether oxygens (including phenoxy) is 1. The van der Waals surface area contributed by atoms with E-state index >= 15 is 0 Å². The Bertz CT molecular complexity index is 451. The second-order valence-electron chi connectivity index (χ2n) is 4.65. The minimum atomic E-state index is -2.68. The SMILES string of the molecule is O=C(O)C(O)C(OC(=O)[C@H](O)[C@H](O)[C@H](O)[C@@H](O)[C@H](O)CO)C(=O)O. The molecule has 0 aromatic heterocycles. The van der Waals surface area contributed by atoms with Crippen LogP contribution in [0.1, 0.15) is 0 Å². The van der Waals surface area contributed by atoms with Crippen LogP contribution in [0.15, 0.2) is 0 Å². The number of esters is 1. The van der Waals surface area contributed by atoms with E-state index in [4.69, 9.17) is 25.5 Å². The van der Waals surface area contributed by atoms with E-state index in [0.717, 1.165) is 0 Å². The fourth-order valence-corrected chi connectivity index (χ4v) is 1.44. The summed E-state index contributed by atoms with van der Waals surface area (Å²) >= 11 is 0. The van der Waals surface area contributed by atoms with Crippen LogP contribution in [0.25, 0.3) is 0 Å². The summed E-state index contributed by atoms with van der Waals surface area (Å²) in [5.74, 6) is -6.05. The van der Waals surface area contributed by atoms with Crippen LogP contribution in [0.4, 0.5) is 0 Å². The standard InChI is InChI=1S/C11H18O13/c12-1-2(13)3(14)4(15)5(16)6(17)11(23)24-8(10(21)22)7(18)9(19)20/h2-8,12-18H,1H2,(H,19,20)(H,21,22)/t2-,3+,4-,5-,6-,7?,8?/m1/s1. The summed E-state index contributed by atoms with van der Waals surface area (Å²) in [4.78, 5) is 32.7. The van der Waals surface area contributed by atoms with Crippen LogP contribution in [0, 0.1) is 0 Å². The number of aliphatic hydroxyl groups excluding tert-OH is 7. The predicted molar refractivity (Wildman–Crippen MR) is 68.3 cm³/mol. The number of carbonyl (C=O) groups is 3. The van der Waals surface area contributed by atoms with E-state index in [2.05, 4.69) is 4.74 Å². The summed E-state index contributed by atoms with van der Waals surface area (Å²) < 4.78 is 4.05. The van der Waals surface area contributed by atoms with E-state index in [1.807, 2.05) is 0 Å². The monoisotopic (exact) mass is 358 g/mol. The molecule has 7 atom stereocenters. The molecule has 13 heteroatoms. The molecule has 0 bridgehead atoms. The number of carboxylic acids is 2. The summed E-state index contributed by atoms with van der Waals surface area (Å²) in [6, 6.07) is 0. The molecule has 0 spiro atoms. The molecule has 0 aliphatic rings. The Balaban J connectivity index is 5.02. The van der Waals surface area contributed by atoms with E-state index < -0.39 is 67.2 Å². The second-order valence-corrected chi connectivity index (χ2v) is 4.65. The molecule has 0 aliphatic heterocycles. The quantitative estimate of drug-likeness (QED) is 0.165. The molecule has 0 amide bonds. The lowest BCUT2D eigenvalue weighted by Crippen LogP contribution is -2.53. The average Bonchev–Trinajstić information content (AvgIpc) is 2.54. The lowest BCUT2D eigenvalue weighted by molar-refractivity contribution is -0.192. The van der Waals surface area contributed by atoms with Gasteiger partial charge >= 0.3 is 17.9 Å². The summed E-state index contributed by atoms with van der Waals surface area (Å²) in [6.07, 6.45) is -16.9. The summed E-state index contributed by atoms with van der Waals surface area (Å²) in [5.41, 5.74) is 0. The van der Waals surface area contributed by atoms with Crippen molar-refractivity contribution in [1.29, 1.82) is 0 Å². The maximum absolute atomic E-state index is 11.5. The van der Waals surface area contributed by atoms with Crippen molar-refractivity contribution in [2.75, 3.05) is 6.61 Å². The fourth-order valence-electron chi connectivity index (χ4n) is 1.44. The summed E-state index contributed by atoms with van der Waals surface area (Å²) in [5, 5.41) is 81.6. The first kappa shape index (κ1) is 22.1. The fraction of sp³-hybridized carbons (Fsp3) is 0.727. The van der Waals surface area contributed by atoms with Crippen molar-refractivity contribution in [2.45, 2.75) is 42.7 Å². The highest BCUT2D eigenvalue weighted by Gasteiger charge is 2.41. The molecule has 13 nitrogen and oxygen atoms in total. The van der Waals surface area contributed by atoms with Gasteiger partial charge < -0.3 is 50.7 Å². The predicted octanol–water partition coefficient (Wildman–Crippen LogP) is -5.77. The first-order valence-electron chi connectivity index (χ1n) is 6.31. The molecule has 0 aromatic carbocycles. The van der Waals surface area contributed by atoms with Crippen molar-refractivity contribution < 1.29 is 65.1 Å². The Morgan fingerprint density at radius 1 is 0.750 bits per heavy atom. The van der Waals surface area contributed by atoms with Gasteiger partial charge in [0, 0.05) is 0 Å². The number of hydrogen-bond acceptors (Lipinski definition) is 11. The van der Waals surface area contributed by atoms with Gasteiger partial charge in [0.05, 0.1) is 6.61 Å². The molecular weight excluding hydrogens is 340 g/mol. The Morgan fingerprint density at radius 3 is 1.62 bits per heavy atom. The van der Waals surface area contributed by atoms with Crippen molar-refractivity contribution >= 4 is 17.9 Å². The minimum Gasteiger partial charge on any atom is -0.479 e. The van der Waals surface area contributed by atoms with E-state index in [1.54, 1.807) is 0 Å². The molecule has 0 saturated heterocycles. The van der Waals surface area contributed by atoms with Gasteiger partial charge in [-0.05, 0) is 0 Å². The van der Waals surface area contributed by atoms with Crippen molar-refractivity contribution in [2.24, 2.45) is 0 Å². The third kappa shape index (κ3) is 5.64. The molecule has 0 fully saturated rings. The maximum Gasteiger partial charge on any atom is 0.348 e. The van der Waals surface area contributed by atoms with Crippen molar-refractivity contribution in [1.82, 2.24) is 0 Å². The normalized spacial score (nSPS) is 20.1. The van der Waals surface area contributed by atoms with Gasteiger partial charge in [-0.1, -0.05) is 0 Å². The van der Waals surface area contributed by atoms with Crippen LogP contribution in [-0.4, -0.2) is 113 Å². The molecule has 0 saturated carbocycles. The van der Waals surface area contributed by atoms with E-state index in [-0.39, 0.29) is 0 Å². The number of aliphatic carboxylic acids is 2. The van der Waals surface area contributed by atoms with E-state index in [9.17, 15) is 34.8 Å². The molecule has 0 radical (unpaired) electrons. The van der Waals surface area contributed by atoms with Gasteiger partial charge in [-0.2, -0.15) is 0 Å². The summed E-state index contributed by atoms with van der Waals surface area (Å²) in [6.45, 7) is -1.03. The van der Waals surface area contributed by atoms with Gasteiger partial charge in [-0.3, -0.25) is 0 Å². The smallest absolute Gasteiger partial charge is 0.348 e. The van der Waals surface area contributed by atoms with Gasteiger partial charge in [0.25, 0.3) is 0 Å². The zero-order valence-electron chi connectivity index (χ0n) is 11.9. The van der Waals surface area contributed by atoms with Crippen LogP contribution in [0.3, 0.4) is 0 Å². The van der Waals surface area contributed by atoms with Gasteiger partial charge in [0.1, 0.15) is 24.4 Å². The number of hydrogen-bond donors (Lipinski definition) is 9. The average molecular weight is 358 g/mol. The third-order valence-electron chi connectivity index (χ3n) is 2.87. The van der Waals surface area contributed by atoms with Crippen LogP contribution in [0.2, 0.25) is 0 Å². The molecule has 2 unspecified atom stereocenters. The highest BCUT2D eigenvalue weighted by molar-refractivity contribution is 5.86. The van der Waals surface area contributed by atoms with Crippen molar-refractivity contribution in [3.05, 3.63) is 0 Å². The molecule has 140 valence electrons. The van der Waals surface area contributed by atoms with Gasteiger partial charge in [-0.25, -0.2) is 14.4 Å². The molecule has 9 N–H and O–H groups in total. The van der Waals surface area contributed by atoms with Crippen molar-refractivity contribution in [3.8, 4) is 0 Å². The Kier molecular flexibility index (Phi) is 8.70.